The molecule has 4 heteroatoms. The molecule has 14 aromatic carbocycles. The van der Waals surface area contributed by atoms with E-state index in [0.29, 0.717) is 20.1 Å². The lowest BCUT2D eigenvalue weighted by atomic mass is 9.82. The van der Waals surface area contributed by atoms with Crippen LogP contribution in [0.25, 0.3) is 164 Å². The van der Waals surface area contributed by atoms with Gasteiger partial charge in [-0.2, -0.15) is 0 Å². The van der Waals surface area contributed by atoms with E-state index in [1.54, 1.807) is 0 Å². The summed E-state index contributed by atoms with van der Waals surface area (Å²) in [5.41, 5.74) is 17.3. The van der Waals surface area contributed by atoms with Gasteiger partial charge in [-0.05, 0) is 120 Å². The Morgan fingerprint density at radius 2 is 0.357 bits per heavy atom. The fraction of sp³-hybridized carbons (Fsp3) is 0. The van der Waals surface area contributed by atoms with Crippen molar-refractivity contribution in [2.75, 3.05) is 0 Å². The van der Waals surface area contributed by atoms with Crippen LogP contribution >= 0.6 is 46.4 Å². The smallest absolute Gasteiger partial charge is 0.0683 e. The predicted octanol–water partition coefficient (Wildman–Crippen LogP) is 21.2. The quantitative estimate of drug-likeness (QED) is 0.122. The highest BCUT2D eigenvalue weighted by molar-refractivity contribution is 6.51. The van der Waals surface area contributed by atoms with Gasteiger partial charge in [-0.1, -0.05) is 241 Å². The van der Waals surface area contributed by atoms with Gasteiger partial charge in [0.2, 0.25) is 0 Å². The maximum absolute atomic E-state index is 7.46. The fourth-order valence-corrected chi connectivity index (χ4v) is 14.3. The van der Waals surface area contributed by atoms with E-state index < -0.39 is 0 Å². The van der Waals surface area contributed by atoms with E-state index in [1.807, 2.05) is 24.3 Å². The zero-order valence-corrected chi connectivity index (χ0v) is 40.0. The molecule has 0 nitrogen and oxygen atoms in total. The van der Waals surface area contributed by atoms with Crippen LogP contribution in [0.5, 0.6) is 0 Å². The average molecular weight is 967 g/mol. The summed E-state index contributed by atoms with van der Waals surface area (Å²) in [4.78, 5) is 0. The third-order valence-corrected chi connectivity index (χ3v) is 17.4. The van der Waals surface area contributed by atoms with Crippen molar-refractivity contribution in [2.45, 2.75) is 0 Å². The number of rotatable bonds is 4. The maximum Gasteiger partial charge on any atom is 0.0683 e. The first-order chi connectivity index (χ1) is 34.5. The van der Waals surface area contributed by atoms with Crippen LogP contribution in [0, 0.1) is 0 Å². The minimum absolute atomic E-state index is 0.571. The molecule has 0 saturated carbocycles. The SMILES string of the molecule is Clc1c(Cl)c(-c2ccccc2)c2c(c1-c1ccccc1)-c1ccc3c4ccc5c6ccc7c8c(ccc(c9ccc(c%10ccc-2c1c3%10)c4c59)c86)-c1c(-c2ccccc2)c(Cl)c(Cl)c(-c2ccccc2)c1-7. The Bertz CT molecular complexity index is 4060. The molecule has 16 rings (SSSR count). The van der Waals surface area contributed by atoms with Crippen LogP contribution in [-0.4, -0.2) is 0 Å². The van der Waals surface area contributed by atoms with Gasteiger partial charge in [-0.25, -0.2) is 0 Å². The third-order valence-electron chi connectivity index (χ3n) is 15.7. The summed E-state index contributed by atoms with van der Waals surface area (Å²) in [5.74, 6) is 0. The van der Waals surface area contributed by atoms with Crippen molar-refractivity contribution in [3.8, 4) is 89.0 Å². The van der Waals surface area contributed by atoms with E-state index >= 15 is 0 Å². The van der Waals surface area contributed by atoms with Gasteiger partial charge >= 0.3 is 0 Å². The van der Waals surface area contributed by atoms with Crippen molar-refractivity contribution in [3.05, 3.63) is 214 Å². The van der Waals surface area contributed by atoms with Crippen LogP contribution in [0.15, 0.2) is 194 Å². The molecule has 0 amide bonds. The van der Waals surface area contributed by atoms with E-state index in [9.17, 15) is 0 Å². The highest BCUT2D eigenvalue weighted by Gasteiger charge is 2.36. The van der Waals surface area contributed by atoms with Crippen LogP contribution in [0.2, 0.25) is 20.1 Å². The van der Waals surface area contributed by atoms with Crippen LogP contribution in [0.3, 0.4) is 0 Å². The highest BCUT2D eigenvalue weighted by Crippen LogP contribution is 2.63. The largest absolute Gasteiger partial charge is 0.0820 e. The van der Waals surface area contributed by atoms with E-state index in [0.717, 1.165) is 66.8 Å². The molecular weight excluding hydrogens is 935 g/mol. The summed E-state index contributed by atoms with van der Waals surface area (Å²) < 4.78 is 0. The lowest BCUT2D eigenvalue weighted by molar-refractivity contribution is 1.59. The first kappa shape index (κ1) is 39.4. The van der Waals surface area contributed by atoms with Gasteiger partial charge < -0.3 is 0 Å². The van der Waals surface area contributed by atoms with Crippen LogP contribution in [-0.2, 0) is 0 Å². The number of benzene rings is 14. The van der Waals surface area contributed by atoms with Crippen LogP contribution in [0.4, 0.5) is 0 Å². The number of fused-ring (bicyclic) bond motifs is 10. The molecule has 2 aliphatic rings. The molecule has 0 spiro atoms. The van der Waals surface area contributed by atoms with Gasteiger partial charge in [0.25, 0.3) is 0 Å². The standard InChI is InChI=1S/C66H32Cl4/c67-63-49(33-13-5-1-6-14-33)59-45-29-25-41-37-21-23-39-43-27-31-47-58-48(62-52(36-19-11-4-12-20-36)66(70)65(69)51(61(47)62)35-17-9-3-10-18-35)32-28-44(56(43)58)40-24-22-38(53(37)54(39)40)42-26-30-46(57(45)55(41)42)60(59)50(64(63)68)34-15-7-2-8-16-34/h1-32H. The summed E-state index contributed by atoms with van der Waals surface area (Å²) in [5, 5.41) is 19.9. The minimum atomic E-state index is 0.571. The molecule has 0 aliphatic heterocycles. The van der Waals surface area contributed by atoms with Crippen molar-refractivity contribution in [3.63, 3.8) is 0 Å². The van der Waals surface area contributed by atoms with Gasteiger partial charge in [0.15, 0.2) is 0 Å². The maximum atomic E-state index is 7.46. The van der Waals surface area contributed by atoms with E-state index in [4.69, 9.17) is 46.4 Å². The van der Waals surface area contributed by atoms with Gasteiger partial charge in [0, 0.05) is 44.5 Å². The second kappa shape index (κ2) is 14.1. The Kier molecular flexibility index (Phi) is 7.94. The van der Waals surface area contributed by atoms with Gasteiger partial charge in [0.05, 0.1) is 20.1 Å². The zero-order valence-electron chi connectivity index (χ0n) is 37.0. The second-order valence-corrected chi connectivity index (χ2v) is 20.4. The molecule has 2 aliphatic carbocycles. The van der Waals surface area contributed by atoms with Gasteiger partial charge in [-0.15, -0.1) is 0 Å². The molecule has 0 N–H and O–H groups in total. The Labute approximate surface area is 422 Å². The molecule has 14 aromatic rings. The summed E-state index contributed by atoms with van der Waals surface area (Å²) in [6.07, 6.45) is 0. The summed E-state index contributed by atoms with van der Waals surface area (Å²) in [6.45, 7) is 0. The van der Waals surface area contributed by atoms with E-state index in [-0.39, 0.29) is 0 Å². The van der Waals surface area contributed by atoms with E-state index in [1.165, 1.54) is 97.7 Å². The van der Waals surface area contributed by atoms with Crippen molar-refractivity contribution >= 4 is 122 Å². The van der Waals surface area contributed by atoms with Crippen LogP contribution < -0.4 is 0 Å². The molecule has 0 unspecified atom stereocenters. The Balaban J connectivity index is 0.995. The summed E-state index contributed by atoms with van der Waals surface area (Å²) in [7, 11) is 0. The minimum Gasteiger partial charge on any atom is -0.0820 e. The number of hydrogen-bond acceptors (Lipinski definition) is 0. The first-order valence-electron chi connectivity index (χ1n) is 23.6. The van der Waals surface area contributed by atoms with Crippen molar-refractivity contribution in [1.82, 2.24) is 0 Å². The molecule has 0 saturated heterocycles. The zero-order chi connectivity index (χ0) is 46.3. The molecular formula is C66H32Cl4. The van der Waals surface area contributed by atoms with Gasteiger partial charge in [-0.3, -0.25) is 0 Å². The monoisotopic (exact) mass is 964 g/mol. The third kappa shape index (κ3) is 4.85. The predicted molar refractivity (Wildman–Crippen MR) is 302 cm³/mol. The van der Waals surface area contributed by atoms with Crippen molar-refractivity contribution < 1.29 is 0 Å². The fourth-order valence-electron chi connectivity index (χ4n) is 13.1. The number of halogens is 4. The van der Waals surface area contributed by atoms with Crippen molar-refractivity contribution in [1.29, 1.82) is 0 Å². The molecule has 0 radical (unpaired) electrons. The normalized spacial score (nSPS) is 12.6. The molecule has 0 aromatic heterocycles. The molecule has 0 fully saturated rings. The number of hydrogen-bond donors (Lipinski definition) is 0. The van der Waals surface area contributed by atoms with E-state index in [2.05, 4.69) is 170 Å². The Hall–Kier alpha value is -7.42. The average Bonchev–Trinajstić information content (AvgIpc) is 3.92. The topological polar surface area (TPSA) is 0 Å². The molecule has 324 valence electrons. The lowest BCUT2D eigenvalue weighted by Crippen LogP contribution is -1.93. The Morgan fingerprint density at radius 1 is 0.171 bits per heavy atom. The second-order valence-electron chi connectivity index (χ2n) is 18.9. The lowest BCUT2D eigenvalue weighted by Gasteiger charge is -2.20. The van der Waals surface area contributed by atoms with Crippen molar-refractivity contribution in [2.24, 2.45) is 0 Å². The highest BCUT2D eigenvalue weighted by atomic mass is 35.5. The first-order valence-corrected chi connectivity index (χ1v) is 25.1. The van der Waals surface area contributed by atoms with Gasteiger partial charge in [0.1, 0.15) is 0 Å². The Morgan fingerprint density at radius 3 is 0.571 bits per heavy atom. The molecule has 70 heavy (non-hydrogen) atoms. The molecule has 0 atom stereocenters. The summed E-state index contributed by atoms with van der Waals surface area (Å²) in [6, 6.07) is 70.1. The van der Waals surface area contributed by atoms with Crippen LogP contribution in [0.1, 0.15) is 0 Å². The molecule has 0 heterocycles. The molecule has 0 bridgehead atoms. The summed E-state index contributed by atoms with van der Waals surface area (Å²) >= 11 is 29.8.